The number of hydrogen-bond acceptors (Lipinski definition) is 19. The maximum atomic E-state index is 15.1. The lowest BCUT2D eigenvalue weighted by Crippen LogP contribution is -2.61. The van der Waals surface area contributed by atoms with Gasteiger partial charge in [-0.15, -0.1) is 0 Å². The summed E-state index contributed by atoms with van der Waals surface area (Å²) in [6.07, 6.45) is 1.37. The summed E-state index contributed by atoms with van der Waals surface area (Å²) in [5.74, 6) is -10.9. The van der Waals surface area contributed by atoms with Gasteiger partial charge in [0.25, 0.3) is 0 Å². The Hall–Kier alpha value is -9.63. The fourth-order valence-corrected chi connectivity index (χ4v) is 12.9. The standard InChI is InChI=1S/C60H100N26O11S2/c61-22-4-3-14-40-54(95)86-28-10-19-45(86)53(94)80-39(17-8-26-76-59(69)70)49(90)85-44(52(93)82-41(55(96)97)18-9-27-77-60(71)72)32-99-98-31-43(51(92)79-37(47(88)81-40)15-6-24-74-57(65)66)84-48(89)38(16-7-25-75-58(67)68)78-50(91)42(83-46(87)36(62)13-5-23-73-56(63)64)30-33-20-21-34-11-1-2-12-35(34)29-33/h1-2,11-12,20-21,29,36-45H,3-10,13-19,22-28,30-32,61-62H2,(H,78,91)(H,79,92)(H,80,94)(H,81,88)(H,82,93)(H,83,87)(H,84,89)(H,85,90)(H,96,97)(H4,63,64,73)(H4,65,66,74)(H4,67,68,75)(H4,69,70,76)(H4,71,72,77)/t36-,37-,38-,39-,40+,41-,42-,43-,44-,45-/m0/s1. The van der Waals surface area contributed by atoms with Gasteiger partial charge in [0.2, 0.25) is 53.2 Å². The molecule has 0 radical (unpaired) electrons. The third-order valence-electron chi connectivity index (χ3n) is 15.7. The van der Waals surface area contributed by atoms with Crippen LogP contribution in [-0.2, 0) is 54.4 Å². The van der Waals surface area contributed by atoms with Gasteiger partial charge in [0, 0.05) is 57.2 Å². The molecule has 37 nitrogen and oxygen atoms in total. The van der Waals surface area contributed by atoms with E-state index in [0.29, 0.717) is 31.2 Å². The van der Waals surface area contributed by atoms with Gasteiger partial charge in [0.05, 0.1) is 6.04 Å². The second kappa shape index (κ2) is 43.6. The molecule has 10 atom stereocenters. The predicted octanol–water partition coefficient (Wildman–Crippen LogP) is -6.54. The summed E-state index contributed by atoms with van der Waals surface area (Å²) < 4.78 is 0. The first-order valence-electron chi connectivity index (χ1n) is 32.6. The van der Waals surface area contributed by atoms with Crippen LogP contribution in [0.25, 0.3) is 10.8 Å². The number of carboxylic acid groups (broad SMARTS) is 1. The van der Waals surface area contributed by atoms with Crippen LogP contribution < -0.4 is 111 Å². The zero-order chi connectivity index (χ0) is 73.0. The first-order chi connectivity index (χ1) is 47.2. The predicted molar refractivity (Wildman–Crippen MR) is 381 cm³/mol. The van der Waals surface area contributed by atoms with Crippen molar-refractivity contribution in [1.82, 2.24) is 47.4 Å². The number of carboxylic acids is 1. The molecule has 33 N–H and O–H groups in total. The monoisotopic (exact) mass is 1420 g/mol. The molecule has 2 aliphatic heterocycles. The number of rotatable bonds is 35. The van der Waals surface area contributed by atoms with E-state index in [2.05, 4.69) is 67.5 Å². The number of hydrogen-bond donors (Lipinski definition) is 21. The number of aliphatic carboxylic acids is 1. The van der Waals surface area contributed by atoms with Gasteiger partial charge in [0.1, 0.15) is 54.4 Å². The molecule has 4 rings (SSSR count). The zero-order valence-corrected chi connectivity index (χ0v) is 57.1. The highest BCUT2D eigenvalue weighted by Gasteiger charge is 2.41. The number of fused-ring (bicyclic) bond motifs is 2. The van der Waals surface area contributed by atoms with Crippen LogP contribution in [-0.4, -0.2) is 217 Å². The third kappa shape index (κ3) is 30.4. The van der Waals surface area contributed by atoms with Crippen molar-refractivity contribution in [2.24, 2.45) is 93.8 Å². The van der Waals surface area contributed by atoms with Gasteiger partial charge < -0.3 is 121 Å². The van der Waals surface area contributed by atoms with E-state index in [0.717, 1.165) is 32.4 Å². The minimum absolute atomic E-state index is 0.00675. The molecule has 548 valence electrons. The molecule has 2 saturated heterocycles. The van der Waals surface area contributed by atoms with E-state index in [4.69, 9.17) is 68.8 Å². The molecule has 0 aliphatic carbocycles. The Morgan fingerprint density at radius 3 is 1.63 bits per heavy atom. The third-order valence-corrected chi connectivity index (χ3v) is 18.1. The second-order valence-corrected chi connectivity index (χ2v) is 26.2. The van der Waals surface area contributed by atoms with Crippen molar-refractivity contribution in [3.8, 4) is 0 Å². The van der Waals surface area contributed by atoms with Crippen molar-refractivity contribution in [2.45, 2.75) is 163 Å². The molecule has 2 fully saturated rings. The molecule has 39 heteroatoms. The van der Waals surface area contributed by atoms with E-state index < -0.39 is 120 Å². The van der Waals surface area contributed by atoms with Crippen LogP contribution in [0.5, 0.6) is 0 Å². The van der Waals surface area contributed by atoms with Gasteiger partial charge in [-0.3, -0.25) is 68.1 Å². The summed E-state index contributed by atoms with van der Waals surface area (Å²) in [6.45, 7) is 0.430. The SMILES string of the molecule is NCCCC[C@H]1NC(=O)[C@H](CCCN=C(N)N)NC(=O)[C@@H](NC(=O)[C@H](CCCN=C(N)N)NC(=O)[C@H](Cc2ccc3ccccc3c2)NC(=O)[C@@H](N)CCCN=C(N)N)CSSC[C@@H](C(=O)N[C@@H](CCCN=C(N)N)C(=O)O)NC(=O)[C@H](CCCN=C(N)N)NC(=O)[C@@H]2CCCN2C1=O. The first-order valence-corrected chi connectivity index (χ1v) is 35.1. The van der Waals surface area contributed by atoms with Crippen LogP contribution in [0.3, 0.4) is 0 Å². The highest BCUT2D eigenvalue weighted by molar-refractivity contribution is 8.76. The zero-order valence-electron chi connectivity index (χ0n) is 55.5. The second-order valence-electron chi connectivity index (χ2n) is 23.6. The molecule has 2 aliphatic rings. The number of carbonyl (C=O) groups excluding carboxylic acids is 9. The first kappa shape index (κ1) is 81.8. The molecule has 0 aromatic heterocycles. The van der Waals surface area contributed by atoms with Crippen LogP contribution >= 0.6 is 21.6 Å². The number of benzene rings is 2. The van der Waals surface area contributed by atoms with E-state index in [-0.39, 0.29) is 164 Å². The smallest absolute Gasteiger partial charge is 0.326 e. The fourth-order valence-electron chi connectivity index (χ4n) is 10.6. The van der Waals surface area contributed by atoms with Crippen LogP contribution in [0.4, 0.5) is 0 Å². The lowest BCUT2D eigenvalue weighted by molar-refractivity contribution is -0.143. The average molecular weight is 1430 g/mol. The van der Waals surface area contributed by atoms with Gasteiger partial charge in [0.15, 0.2) is 29.8 Å². The minimum Gasteiger partial charge on any atom is -0.480 e. The summed E-state index contributed by atoms with van der Waals surface area (Å²) in [5.41, 5.74) is 68.5. The van der Waals surface area contributed by atoms with Crippen LogP contribution in [0.2, 0.25) is 0 Å². The summed E-state index contributed by atoms with van der Waals surface area (Å²) >= 11 is 0. The Labute approximate surface area is 581 Å². The van der Waals surface area contributed by atoms with Crippen LogP contribution in [0, 0.1) is 0 Å². The van der Waals surface area contributed by atoms with Gasteiger partial charge in [-0.1, -0.05) is 64.1 Å². The Morgan fingerprint density at radius 1 is 0.545 bits per heavy atom. The van der Waals surface area contributed by atoms with Gasteiger partial charge in [-0.05, 0) is 119 Å². The summed E-state index contributed by atoms with van der Waals surface area (Å²) in [7, 11) is 1.80. The number of unbranched alkanes of at least 4 members (excludes halogenated alkanes) is 1. The van der Waals surface area contributed by atoms with E-state index in [1.54, 1.807) is 6.07 Å². The summed E-state index contributed by atoms with van der Waals surface area (Å²) in [4.78, 5) is 166. The van der Waals surface area contributed by atoms with Crippen LogP contribution in [0.15, 0.2) is 67.4 Å². The number of guanidine groups is 5. The lowest BCUT2D eigenvalue weighted by Gasteiger charge is -2.31. The summed E-state index contributed by atoms with van der Waals surface area (Å²) in [5, 5.41) is 33.6. The molecular weight excluding hydrogens is 1320 g/mol. The maximum Gasteiger partial charge on any atom is 0.326 e. The molecule has 99 heavy (non-hydrogen) atoms. The Kier molecular flexibility index (Phi) is 36.0. The average Bonchev–Trinajstić information content (AvgIpc) is 1.73. The molecule has 0 unspecified atom stereocenters. The topological polar surface area (TPSA) is 664 Å². The van der Waals surface area contributed by atoms with E-state index in [1.807, 2.05) is 36.4 Å². The molecule has 9 amide bonds. The molecule has 0 bridgehead atoms. The normalized spacial score (nSPS) is 19.8. The molecule has 2 aromatic carbocycles. The lowest BCUT2D eigenvalue weighted by atomic mass is 10.00. The van der Waals surface area contributed by atoms with Crippen molar-refractivity contribution < 1.29 is 53.1 Å². The van der Waals surface area contributed by atoms with Gasteiger partial charge >= 0.3 is 5.97 Å². The largest absolute Gasteiger partial charge is 0.480 e. The number of aliphatic imine (C=N–C) groups is 5. The van der Waals surface area contributed by atoms with Crippen molar-refractivity contribution >= 4 is 121 Å². The maximum absolute atomic E-state index is 15.1. The highest BCUT2D eigenvalue weighted by atomic mass is 33.1. The number of nitrogens with two attached hydrogens (primary N) is 12. The summed E-state index contributed by atoms with van der Waals surface area (Å²) in [6, 6.07) is -1.15. The van der Waals surface area contributed by atoms with Gasteiger partial charge in [-0.25, -0.2) is 4.79 Å². The molecule has 0 spiro atoms. The Bertz CT molecular complexity index is 3200. The van der Waals surface area contributed by atoms with E-state index >= 15 is 9.59 Å². The number of nitrogens with zero attached hydrogens (tertiary/aromatic N) is 6. The van der Waals surface area contributed by atoms with Crippen molar-refractivity contribution in [2.75, 3.05) is 57.3 Å². The molecule has 2 aromatic rings. The number of carbonyl (C=O) groups is 10. The minimum atomic E-state index is -1.63. The molecule has 2 heterocycles. The number of amides is 9. The quantitative estimate of drug-likeness (QED) is 0.0132. The molecular formula is C60H100N26O11S2. The van der Waals surface area contributed by atoms with E-state index in [1.165, 1.54) is 4.90 Å². The highest BCUT2D eigenvalue weighted by Crippen LogP contribution is 2.25. The fraction of sp³-hybridized carbons (Fsp3) is 0.583. The van der Waals surface area contributed by atoms with E-state index in [9.17, 15) is 43.5 Å². The van der Waals surface area contributed by atoms with Crippen molar-refractivity contribution in [3.05, 3.63) is 48.0 Å². The van der Waals surface area contributed by atoms with Gasteiger partial charge in [-0.2, -0.15) is 0 Å². The van der Waals surface area contributed by atoms with Crippen LogP contribution in [0.1, 0.15) is 102 Å². The van der Waals surface area contributed by atoms with Crippen molar-refractivity contribution in [3.63, 3.8) is 0 Å². The Balaban J connectivity index is 1.87. The Morgan fingerprint density at radius 2 is 1.05 bits per heavy atom. The number of nitrogens with one attached hydrogen (secondary N) is 8. The molecule has 0 saturated carbocycles. The van der Waals surface area contributed by atoms with Crippen molar-refractivity contribution in [1.29, 1.82) is 0 Å².